The first kappa shape index (κ1) is 13.9. The summed E-state index contributed by atoms with van der Waals surface area (Å²) in [4.78, 5) is 7.03. The first-order chi connectivity index (χ1) is 8.58. The van der Waals surface area contributed by atoms with Crippen LogP contribution in [-0.2, 0) is 6.54 Å². The van der Waals surface area contributed by atoms with Gasteiger partial charge >= 0.3 is 0 Å². The minimum atomic E-state index is 0.215. The fourth-order valence-corrected chi connectivity index (χ4v) is 2.98. The molecule has 0 bridgehead atoms. The molecule has 0 amide bonds. The summed E-state index contributed by atoms with van der Waals surface area (Å²) >= 11 is 1.72. The molecule has 1 fully saturated rings. The van der Waals surface area contributed by atoms with E-state index in [9.17, 15) is 0 Å². The first-order valence-corrected chi connectivity index (χ1v) is 7.53. The highest BCUT2D eigenvalue weighted by atomic mass is 32.1. The average Bonchev–Trinajstić information content (AvgIpc) is 2.76. The lowest BCUT2D eigenvalue weighted by Gasteiger charge is -2.41. The molecule has 102 valence electrons. The van der Waals surface area contributed by atoms with Crippen LogP contribution in [-0.4, -0.2) is 48.1 Å². The molecule has 1 saturated heterocycles. The Hall–Kier alpha value is -0.490. The van der Waals surface area contributed by atoms with Crippen molar-refractivity contribution >= 4 is 11.3 Å². The molecule has 0 atom stereocenters. The second-order valence-electron chi connectivity index (χ2n) is 5.51. The van der Waals surface area contributed by atoms with Gasteiger partial charge in [0.25, 0.3) is 0 Å². The summed E-state index contributed by atoms with van der Waals surface area (Å²) < 4.78 is 0. The number of aromatic nitrogens is 1. The van der Waals surface area contributed by atoms with Crippen molar-refractivity contribution in [2.45, 2.75) is 32.9 Å². The van der Waals surface area contributed by atoms with Gasteiger partial charge in [-0.25, -0.2) is 4.98 Å². The fraction of sp³-hybridized carbons (Fsp3) is 0.769. The van der Waals surface area contributed by atoms with Crippen LogP contribution in [0.5, 0.6) is 0 Å². The van der Waals surface area contributed by atoms with Crippen LogP contribution in [0.15, 0.2) is 5.38 Å². The number of hydrogen-bond acceptors (Lipinski definition) is 5. The Bertz CT molecular complexity index is 369. The highest BCUT2D eigenvalue weighted by Crippen LogP contribution is 2.14. The van der Waals surface area contributed by atoms with E-state index in [4.69, 9.17) is 0 Å². The molecule has 2 heterocycles. The molecule has 1 aliphatic rings. The van der Waals surface area contributed by atoms with Crippen LogP contribution in [0.1, 0.15) is 24.5 Å². The average molecular weight is 268 g/mol. The van der Waals surface area contributed by atoms with Crippen LogP contribution >= 0.6 is 11.3 Å². The molecular weight excluding hydrogens is 244 g/mol. The van der Waals surface area contributed by atoms with Crippen LogP contribution < -0.4 is 10.6 Å². The van der Waals surface area contributed by atoms with E-state index >= 15 is 0 Å². The van der Waals surface area contributed by atoms with Gasteiger partial charge in [0.05, 0.1) is 10.7 Å². The smallest absolute Gasteiger partial charge is 0.0897 e. The molecule has 0 unspecified atom stereocenters. The van der Waals surface area contributed by atoms with Crippen LogP contribution in [0.3, 0.4) is 0 Å². The number of nitrogens with one attached hydrogen (secondary N) is 2. The maximum atomic E-state index is 4.48. The Morgan fingerprint density at radius 3 is 2.78 bits per heavy atom. The fourth-order valence-electron chi connectivity index (χ4n) is 2.37. The Kier molecular flexibility index (Phi) is 4.72. The molecule has 2 rings (SSSR count). The van der Waals surface area contributed by atoms with E-state index in [2.05, 4.69) is 46.7 Å². The van der Waals surface area contributed by atoms with Crippen molar-refractivity contribution < 1.29 is 0 Å². The number of hydrogen-bond donors (Lipinski definition) is 2. The van der Waals surface area contributed by atoms with Gasteiger partial charge in [0.1, 0.15) is 0 Å². The standard InChI is InChI=1S/C13H24N4S/c1-11-16-12(9-18-11)8-15-10-13(2,3)17-6-4-14-5-7-17/h9,14-15H,4-8,10H2,1-3H3. The summed E-state index contributed by atoms with van der Waals surface area (Å²) in [5, 5.41) is 10.2. The van der Waals surface area contributed by atoms with E-state index in [1.54, 1.807) is 11.3 Å². The molecule has 0 spiro atoms. The SMILES string of the molecule is Cc1nc(CNCC(C)(C)N2CCNCC2)cs1. The maximum absolute atomic E-state index is 4.48. The third-order valence-corrected chi connectivity index (χ3v) is 4.33. The molecule has 1 aromatic heterocycles. The van der Waals surface area contributed by atoms with Crippen molar-refractivity contribution in [1.82, 2.24) is 20.5 Å². The second-order valence-corrected chi connectivity index (χ2v) is 6.57. The molecule has 0 aliphatic carbocycles. The summed E-state index contributed by atoms with van der Waals surface area (Å²) in [6.07, 6.45) is 0. The van der Waals surface area contributed by atoms with Gasteiger partial charge in [-0.3, -0.25) is 4.90 Å². The maximum Gasteiger partial charge on any atom is 0.0897 e. The largest absolute Gasteiger partial charge is 0.314 e. The zero-order valence-corrected chi connectivity index (χ0v) is 12.4. The van der Waals surface area contributed by atoms with Gasteiger partial charge in [-0.2, -0.15) is 0 Å². The van der Waals surface area contributed by atoms with Crippen molar-refractivity contribution in [1.29, 1.82) is 0 Å². The summed E-state index contributed by atoms with van der Waals surface area (Å²) in [5.74, 6) is 0. The van der Waals surface area contributed by atoms with E-state index in [0.717, 1.165) is 50.0 Å². The predicted molar refractivity (Wildman–Crippen MR) is 77.1 cm³/mol. The third-order valence-electron chi connectivity index (χ3n) is 3.50. The second kappa shape index (κ2) is 6.10. The molecule has 1 aromatic rings. The molecule has 5 heteroatoms. The Morgan fingerprint density at radius 2 is 2.17 bits per heavy atom. The van der Waals surface area contributed by atoms with Gasteiger partial charge in [-0.05, 0) is 20.8 Å². The molecule has 0 saturated carbocycles. The lowest BCUT2D eigenvalue weighted by Crippen LogP contribution is -2.57. The first-order valence-electron chi connectivity index (χ1n) is 6.65. The minimum Gasteiger partial charge on any atom is -0.314 e. The molecule has 1 aliphatic heterocycles. The number of rotatable bonds is 5. The van der Waals surface area contributed by atoms with E-state index < -0.39 is 0 Å². The van der Waals surface area contributed by atoms with E-state index in [1.165, 1.54) is 0 Å². The van der Waals surface area contributed by atoms with E-state index in [1.807, 2.05) is 0 Å². The van der Waals surface area contributed by atoms with Crippen molar-refractivity contribution in [2.24, 2.45) is 0 Å². The van der Waals surface area contributed by atoms with Crippen LogP contribution in [0.4, 0.5) is 0 Å². The van der Waals surface area contributed by atoms with Gasteiger partial charge in [0.2, 0.25) is 0 Å². The van der Waals surface area contributed by atoms with Crippen LogP contribution in [0, 0.1) is 6.92 Å². The summed E-state index contributed by atoms with van der Waals surface area (Å²) in [6.45, 7) is 13.1. The minimum absolute atomic E-state index is 0.215. The highest BCUT2D eigenvalue weighted by molar-refractivity contribution is 7.09. The normalized spacial score (nSPS) is 18.2. The third kappa shape index (κ3) is 3.75. The number of nitrogens with zero attached hydrogens (tertiary/aromatic N) is 2. The van der Waals surface area contributed by atoms with Crippen molar-refractivity contribution in [3.05, 3.63) is 16.1 Å². The summed E-state index contributed by atoms with van der Waals surface area (Å²) in [6, 6.07) is 0. The monoisotopic (exact) mass is 268 g/mol. The van der Waals surface area contributed by atoms with Crippen molar-refractivity contribution in [3.63, 3.8) is 0 Å². The Labute approximate surface area is 114 Å². The van der Waals surface area contributed by atoms with Gasteiger partial charge in [-0.1, -0.05) is 0 Å². The van der Waals surface area contributed by atoms with Crippen LogP contribution in [0.25, 0.3) is 0 Å². The van der Waals surface area contributed by atoms with Gasteiger partial charge in [0.15, 0.2) is 0 Å². The van der Waals surface area contributed by atoms with Crippen LogP contribution in [0.2, 0.25) is 0 Å². The van der Waals surface area contributed by atoms with Crippen molar-refractivity contribution in [2.75, 3.05) is 32.7 Å². The molecule has 2 N–H and O–H groups in total. The summed E-state index contributed by atoms with van der Waals surface area (Å²) in [7, 11) is 0. The van der Waals surface area contributed by atoms with E-state index in [0.29, 0.717) is 0 Å². The number of piperazine rings is 1. The predicted octanol–water partition coefficient (Wildman–Crippen LogP) is 1.22. The molecule has 0 radical (unpaired) electrons. The lowest BCUT2D eigenvalue weighted by atomic mass is 10.0. The van der Waals surface area contributed by atoms with Crippen molar-refractivity contribution in [3.8, 4) is 0 Å². The summed E-state index contributed by atoms with van der Waals surface area (Å²) in [5.41, 5.74) is 1.38. The number of aryl methyl sites for hydroxylation is 1. The zero-order chi connectivity index (χ0) is 13.0. The topological polar surface area (TPSA) is 40.2 Å². The van der Waals surface area contributed by atoms with E-state index in [-0.39, 0.29) is 5.54 Å². The zero-order valence-electron chi connectivity index (χ0n) is 11.6. The van der Waals surface area contributed by atoms with Gasteiger partial charge in [0, 0.05) is 50.2 Å². The Balaban J connectivity index is 1.77. The molecule has 0 aromatic carbocycles. The van der Waals surface area contributed by atoms with Gasteiger partial charge in [-0.15, -0.1) is 11.3 Å². The molecular formula is C13H24N4S. The highest BCUT2D eigenvalue weighted by Gasteiger charge is 2.27. The lowest BCUT2D eigenvalue weighted by molar-refractivity contribution is 0.102. The Morgan fingerprint density at radius 1 is 1.44 bits per heavy atom. The molecule has 18 heavy (non-hydrogen) atoms. The number of thiazole rings is 1. The quantitative estimate of drug-likeness (QED) is 0.842. The van der Waals surface area contributed by atoms with Gasteiger partial charge < -0.3 is 10.6 Å². The molecule has 4 nitrogen and oxygen atoms in total.